The predicted octanol–water partition coefficient (Wildman–Crippen LogP) is 3.30. The van der Waals surface area contributed by atoms with Crippen molar-refractivity contribution in [3.05, 3.63) is 40.1 Å². The lowest BCUT2D eigenvalue weighted by molar-refractivity contribution is 0.265. The SMILES string of the molecule is CCN1CCc2nc3cc(C)cc(C)c3c(CC#N)c2C1. The Morgan fingerprint density at radius 2 is 2.14 bits per heavy atom. The molecule has 0 spiro atoms. The van der Waals surface area contributed by atoms with E-state index in [0.29, 0.717) is 6.42 Å². The van der Waals surface area contributed by atoms with E-state index < -0.39 is 0 Å². The highest BCUT2D eigenvalue weighted by atomic mass is 15.1. The summed E-state index contributed by atoms with van der Waals surface area (Å²) in [5.74, 6) is 0. The number of likely N-dealkylation sites (N-methyl/N-ethyl adjacent to an activating group) is 1. The summed E-state index contributed by atoms with van der Waals surface area (Å²) in [6.07, 6.45) is 1.47. The summed E-state index contributed by atoms with van der Waals surface area (Å²) in [5.41, 5.74) is 7.22. The first-order chi connectivity index (χ1) is 10.1. The molecule has 3 rings (SSSR count). The minimum absolute atomic E-state index is 0.475. The first kappa shape index (κ1) is 14.0. The van der Waals surface area contributed by atoms with Gasteiger partial charge in [-0.25, -0.2) is 0 Å². The van der Waals surface area contributed by atoms with Crippen LogP contribution in [-0.2, 0) is 19.4 Å². The van der Waals surface area contributed by atoms with Crippen LogP contribution in [-0.4, -0.2) is 23.0 Å². The number of nitriles is 1. The highest BCUT2D eigenvalue weighted by Crippen LogP contribution is 2.31. The number of pyridine rings is 1. The highest BCUT2D eigenvalue weighted by molar-refractivity contribution is 5.88. The van der Waals surface area contributed by atoms with E-state index in [1.54, 1.807) is 0 Å². The molecule has 0 saturated heterocycles. The van der Waals surface area contributed by atoms with Crippen molar-refractivity contribution in [3.63, 3.8) is 0 Å². The maximum atomic E-state index is 9.27. The zero-order chi connectivity index (χ0) is 15.0. The summed E-state index contributed by atoms with van der Waals surface area (Å²) in [6.45, 7) is 9.48. The van der Waals surface area contributed by atoms with Gasteiger partial charge in [-0.05, 0) is 48.7 Å². The van der Waals surface area contributed by atoms with Crippen molar-refractivity contribution in [2.75, 3.05) is 13.1 Å². The molecule has 3 nitrogen and oxygen atoms in total. The Morgan fingerprint density at radius 1 is 1.33 bits per heavy atom. The Bertz CT molecular complexity index is 740. The van der Waals surface area contributed by atoms with E-state index in [2.05, 4.69) is 43.9 Å². The van der Waals surface area contributed by atoms with Gasteiger partial charge in [-0.2, -0.15) is 5.26 Å². The van der Waals surface area contributed by atoms with E-state index in [4.69, 9.17) is 4.98 Å². The van der Waals surface area contributed by atoms with Gasteiger partial charge in [-0.3, -0.25) is 9.88 Å². The number of aromatic nitrogens is 1. The number of rotatable bonds is 2. The van der Waals surface area contributed by atoms with Gasteiger partial charge in [-0.1, -0.05) is 13.0 Å². The van der Waals surface area contributed by atoms with Gasteiger partial charge in [-0.15, -0.1) is 0 Å². The van der Waals surface area contributed by atoms with Gasteiger partial charge in [0, 0.05) is 30.6 Å². The molecule has 1 aromatic carbocycles. The number of aryl methyl sites for hydroxylation is 2. The van der Waals surface area contributed by atoms with Crippen molar-refractivity contribution in [1.82, 2.24) is 9.88 Å². The second-order valence-corrected chi connectivity index (χ2v) is 5.95. The molecule has 2 heterocycles. The lowest BCUT2D eigenvalue weighted by atomic mass is 9.91. The first-order valence-corrected chi connectivity index (χ1v) is 7.65. The van der Waals surface area contributed by atoms with E-state index in [0.717, 1.165) is 31.6 Å². The molecule has 21 heavy (non-hydrogen) atoms. The Labute approximate surface area is 126 Å². The van der Waals surface area contributed by atoms with Gasteiger partial charge in [0.25, 0.3) is 0 Å². The second kappa shape index (κ2) is 5.46. The van der Waals surface area contributed by atoms with Crippen LogP contribution in [0.4, 0.5) is 0 Å². The molecule has 0 radical (unpaired) electrons. The summed E-state index contributed by atoms with van der Waals surface area (Å²) < 4.78 is 0. The van der Waals surface area contributed by atoms with E-state index in [1.807, 2.05) is 0 Å². The van der Waals surface area contributed by atoms with Gasteiger partial charge in [0.05, 0.1) is 18.0 Å². The van der Waals surface area contributed by atoms with Gasteiger partial charge in [0.1, 0.15) is 0 Å². The van der Waals surface area contributed by atoms with Crippen LogP contribution >= 0.6 is 0 Å². The predicted molar refractivity (Wildman–Crippen MR) is 85.2 cm³/mol. The number of benzene rings is 1. The molecule has 0 N–H and O–H groups in total. The fourth-order valence-corrected chi connectivity index (χ4v) is 3.47. The lowest BCUT2D eigenvalue weighted by Gasteiger charge is -2.29. The topological polar surface area (TPSA) is 39.9 Å². The smallest absolute Gasteiger partial charge is 0.0713 e. The molecule has 0 fully saturated rings. The number of nitrogens with zero attached hydrogens (tertiary/aromatic N) is 3. The monoisotopic (exact) mass is 279 g/mol. The molecule has 0 amide bonds. The van der Waals surface area contributed by atoms with Crippen LogP contribution in [0.3, 0.4) is 0 Å². The van der Waals surface area contributed by atoms with Crippen molar-refractivity contribution in [2.45, 2.75) is 40.2 Å². The second-order valence-electron chi connectivity index (χ2n) is 5.95. The molecular weight excluding hydrogens is 258 g/mol. The van der Waals surface area contributed by atoms with Crippen LogP contribution in [0.15, 0.2) is 12.1 Å². The molecule has 0 atom stereocenters. The number of hydrogen-bond acceptors (Lipinski definition) is 3. The van der Waals surface area contributed by atoms with Crippen LogP contribution < -0.4 is 0 Å². The summed E-state index contributed by atoms with van der Waals surface area (Å²) in [7, 11) is 0. The van der Waals surface area contributed by atoms with Crippen LogP contribution in [0, 0.1) is 25.2 Å². The van der Waals surface area contributed by atoms with Gasteiger partial charge in [0.2, 0.25) is 0 Å². The molecule has 0 unspecified atom stereocenters. The van der Waals surface area contributed by atoms with Crippen LogP contribution in [0.25, 0.3) is 10.9 Å². The Morgan fingerprint density at radius 3 is 2.86 bits per heavy atom. The van der Waals surface area contributed by atoms with Crippen LogP contribution in [0.2, 0.25) is 0 Å². The minimum Gasteiger partial charge on any atom is -0.299 e. The zero-order valence-electron chi connectivity index (χ0n) is 13.0. The first-order valence-electron chi connectivity index (χ1n) is 7.65. The quantitative estimate of drug-likeness (QED) is 0.847. The zero-order valence-corrected chi connectivity index (χ0v) is 13.0. The average molecular weight is 279 g/mol. The van der Waals surface area contributed by atoms with E-state index in [1.165, 1.54) is 33.3 Å². The van der Waals surface area contributed by atoms with Crippen molar-refractivity contribution in [2.24, 2.45) is 0 Å². The van der Waals surface area contributed by atoms with Gasteiger partial charge < -0.3 is 0 Å². The third-order valence-electron chi connectivity index (χ3n) is 4.48. The van der Waals surface area contributed by atoms with Crippen LogP contribution in [0.1, 0.15) is 34.9 Å². The lowest BCUT2D eigenvalue weighted by Crippen LogP contribution is -2.31. The van der Waals surface area contributed by atoms with Crippen LogP contribution in [0.5, 0.6) is 0 Å². The molecule has 0 saturated carbocycles. The number of hydrogen-bond donors (Lipinski definition) is 0. The molecule has 0 aliphatic carbocycles. The third-order valence-corrected chi connectivity index (χ3v) is 4.48. The molecule has 108 valence electrons. The summed E-state index contributed by atoms with van der Waals surface area (Å²) in [4.78, 5) is 7.34. The fourth-order valence-electron chi connectivity index (χ4n) is 3.47. The summed E-state index contributed by atoms with van der Waals surface area (Å²) in [6, 6.07) is 6.70. The van der Waals surface area contributed by atoms with Crippen molar-refractivity contribution < 1.29 is 0 Å². The molecule has 2 aromatic rings. The van der Waals surface area contributed by atoms with E-state index in [-0.39, 0.29) is 0 Å². The molecule has 3 heteroatoms. The highest BCUT2D eigenvalue weighted by Gasteiger charge is 2.22. The molecule has 1 aliphatic heterocycles. The van der Waals surface area contributed by atoms with Crippen molar-refractivity contribution in [3.8, 4) is 6.07 Å². The minimum atomic E-state index is 0.475. The maximum absolute atomic E-state index is 9.27. The molecule has 1 aromatic heterocycles. The Kier molecular flexibility index (Phi) is 3.65. The summed E-state index contributed by atoms with van der Waals surface area (Å²) in [5, 5.41) is 10.5. The average Bonchev–Trinajstić information content (AvgIpc) is 2.46. The summed E-state index contributed by atoms with van der Waals surface area (Å²) >= 11 is 0. The standard InChI is InChI=1S/C18H21N3/c1-4-21-8-6-16-15(11-21)14(5-7-19)18-13(3)9-12(2)10-17(18)20-16/h9-10H,4-6,8,11H2,1-3H3. The van der Waals surface area contributed by atoms with Crippen molar-refractivity contribution >= 4 is 10.9 Å². The molecular formula is C18H21N3. The van der Waals surface area contributed by atoms with E-state index in [9.17, 15) is 5.26 Å². The third kappa shape index (κ3) is 2.41. The maximum Gasteiger partial charge on any atom is 0.0713 e. The fraction of sp³-hybridized carbons (Fsp3) is 0.444. The number of fused-ring (bicyclic) bond motifs is 2. The molecule has 1 aliphatic rings. The Hall–Kier alpha value is -1.92. The molecule has 0 bridgehead atoms. The van der Waals surface area contributed by atoms with Gasteiger partial charge >= 0.3 is 0 Å². The Balaban J connectivity index is 2.30. The van der Waals surface area contributed by atoms with Crippen molar-refractivity contribution in [1.29, 1.82) is 5.26 Å². The van der Waals surface area contributed by atoms with Gasteiger partial charge in [0.15, 0.2) is 0 Å². The van der Waals surface area contributed by atoms with E-state index >= 15 is 0 Å². The normalized spacial score (nSPS) is 15.0. The largest absolute Gasteiger partial charge is 0.299 e.